The highest BCUT2D eigenvalue weighted by molar-refractivity contribution is 9.26. The zero-order valence-electron chi connectivity index (χ0n) is 20.9. The molecule has 0 unspecified atom stereocenters. The summed E-state index contributed by atoms with van der Waals surface area (Å²) in [5.41, 5.74) is 2.33. The molecule has 3 aromatic carbocycles. The molecule has 0 aliphatic carbocycles. The van der Waals surface area contributed by atoms with Crippen LogP contribution in [0.5, 0.6) is 0 Å². The molecule has 1 spiro atoms. The number of piperazine rings is 1. The average molecular weight is 614 g/mol. The monoisotopic (exact) mass is 613 g/mol. The average Bonchev–Trinajstić information content (AvgIpc) is 3.39. The van der Waals surface area contributed by atoms with Gasteiger partial charge in [-0.3, -0.25) is 14.5 Å². The van der Waals surface area contributed by atoms with E-state index in [9.17, 15) is 18.0 Å². The van der Waals surface area contributed by atoms with Gasteiger partial charge in [0.2, 0.25) is 0 Å². The minimum Gasteiger partial charge on any atom is -0.322 e. The highest BCUT2D eigenvalue weighted by atomic mass is 33.7. The molecule has 2 amide bonds. The first-order valence-electron chi connectivity index (χ1n) is 12.3. The summed E-state index contributed by atoms with van der Waals surface area (Å²) in [4.78, 5) is 30.6. The van der Waals surface area contributed by atoms with Crippen LogP contribution in [0.2, 0.25) is 0 Å². The number of anilines is 1. The SMILES string of the molecule is Cc1ccc([C@]23C[C@@]45SSSS[C@@H](C(=O)N4[C@H]2N(S(=O)(=O)c2ccccc2)c2ccccc23)N(C)C5=O)cc1. The van der Waals surface area contributed by atoms with Crippen molar-refractivity contribution in [2.75, 3.05) is 11.4 Å². The van der Waals surface area contributed by atoms with Crippen LogP contribution in [0, 0.1) is 6.92 Å². The Morgan fingerprint density at radius 1 is 0.897 bits per heavy atom. The van der Waals surface area contributed by atoms with Crippen molar-refractivity contribution in [3.8, 4) is 0 Å². The number of carbonyl (C=O) groups excluding carboxylic acids is 2. The van der Waals surface area contributed by atoms with Gasteiger partial charge in [0, 0.05) is 13.5 Å². The topological polar surface area (TPSA) is 78.0 Å². The molecule has 0 N–H and O–H groups in total. The van der Waals surface area contributed by atoms with Gasteiger partial charge in [-0.25, -0.2) is 12.7 Å². The zero-order valence-corrected chi connectivity index (χ0v) is 25.0. The van der Waals surface area contributed by atoms with Crippen molar-refractivity contribution in [2.24, 2.45) is 0 Å². The molecule has 3 aromatic rings. The number of carbonyl (C=O) groups is 2. The van der Waals surface area contributed by atoms with E-state index in [1.165, 1.54) is 50.4 Å². The van der Waals surface area contributed by atoms with Crippen molar-refractivity contribution in [2.45, 2.75) is 40.1 Å². The highest BCUT2D eigenvalue weighted by Gasteiger charge is 2.75. The number of sulfonamides is 1. The summed E-state index contributed by atoms with van der Waals surface area (Å²) in [6.45, 7) is 2.00. The molecule has 2 bridgehead atoms. The lowest BCUT2D eigenvalue weighted by atomic mass is 9.72. The molecule has 5 aliphatic rings. The summed E-state index contributed by atoms with van der Waals surface area (Å²) in [6.07, 6.45) is -0.692. The van der Waals surface area contributed by atoms with E-state index >= 15 is 0 Å². The van der Waals surface area contributed by atoms with E-state index in [1.807, 2.05) is 55.5 Å². The van der Waals surface area contributed by atoms with E-state index < -0.39 is 31.8 Å². The minimum atomic E-state index is -4.12. The lowest BCUT2D eigenvalue weighted by molar-refractivity contribution is -0.157. The van der Waals surface area contributed by atoms with Gasteiger partial charge in [-0.05, 0) is 77.5 Å². The Kier molecular flexibility index (Phi) is 5.85. The Hall–Kier alpha value is -2.25. The molecule has 12 heteroatoms. The summed E-state index contributed by atoms with van der Waals surface area (Å²) < 4.78 is 30.5. The smallest absolute Gasteiger partial charge is 0.266 e. The van der Waals surface area contributed by atoms with Crippen LogP contribution >= 0.6 is 41.2 Å². The summed E-state index contributed by atoms with van der Waals surface area (Å²) in [5.74, 6) is -0.421. The van der Waals surface area contributed by atoms with Gasteiger partial charge in [-0.1, -0.05) is 66.2 Å². The largest absolute Gasteiger partial charge is 0.322 e. The Bertz CT molecular complexity index is 1620. The Morgan fingerprint density at radius 3 is 2.33 bits per heavy atom. The number of nitrogens with zero attached hydrogens (tertiary/aromatic N) is 3. The van der Waals surface area contributed by atoms with Gasteiger partial charge in [0.1, 0.15) is 6.17 Å². The number of para-hydroxylation sites is 1. The Balaban J connectivity index is 1.57. The third-order valence-corrected chi connectivity index (χ3v) is 16.9. The van der Waals surface area contributed by atoms with Gasteiger partial charge in [0.05, 0.1) is 16.0 Å². The quantitative estimate of drug-likeness (QED) is 0.372. The van der Waals surface area contributed by atoms with Crippen molar-refractivity contribution in [1.29, 1.82) is 0 Å². The fourth-order valence-corrected chi connectivity index (χ4v) is 15.4. The molecule has 0 saturated carbocycles. The minimum absolute atomic E-state index is 0.139. The third kappa shape index (κ3) is 3.32. The van der Waals surface area contributed by atoms with Crippen LogP contribution in [-0.4, -0.2) is 53.5 Å². The number of rotatable bonds is 3. The van der Waals surface area contributed by atoms with Crippen molar-refractivity contribution in [3.63, 3.8) is 0 Å². The number of amides is 2. The lowest BCUT2D eigenvalue weighted by Gasteiger charge is -2.50. The molecule has 0 radical (unpaired) electrons. The van der Waals surface area contributed by atoms with Gasteiger partial charge in [-0.2, -0.15) is 0 Å². The van der Waals surface area contributed by atoms with E-state index in [1.54, 1.807) is 42.3 Å². The van der Waals surface area contributed by atoms with E-state index in [0.29, 0.717) is 5.69 Å². The number of aryl methyl sites for hydroxylation is 1. The van der Waals surface area contributed by atoms with Gasteiger partial charge in [0.25, 0.3) is 21.8 Å². The second kappa shape index (κ2) is 8.87. The molecule has 39 heavy (non-hydrogen) atoms. The van der Waals surface area contributed by atoms with Gasteiger partial charge in [0.15, 0.2) is 10.2 Å². The molecule has 7 nitrogen and oxygen atoms in total. The van der Waals surface area contributed by atoms with Crippen molar-refractivity contribution in [3.05, 3.63) is 95.6 Å². The van der Waals surface area contributed by atoms with Crippen LogP contribution in [-0.2, 0) is 25.0 Å². The maximum Gasteiger partial charge on any atom is 0.266 e. The summed E-state index contributed by atoms with van der Waals surface area (Å²) in [5, 5.41) is -0.747. The molecule has 0 aromatic heterocycles. The van der Waals surface area contributed by atoms with Crippen LogP contribution in [0.1, 0.15) is 23.1 Å². The predicted molar refractivity (Wildman–Crippen MR) is 159 cm³/mol. The first kappa shape index (κ1) is 25.7. The predicted octanol–water partition coefficient (Wildman–Crippen LogP) is 5.23. The van der Waals surface area contributed by atoms with E-state index in [2.05, 4.69) is 0 Å². The molecular weight excluding hydrogens is 591 g/mol. The molecule has 5 heterocycles. The second-order valence-electron chi connectivity index (χ2n) is 10.1. The van der Waals surface area contributed by atoms with Gasteiger partial charge < -0.3 is 4.90 Å². The van der Waals surface area contributed by atoms with Crippen LogP contribution in [0.3, 0.4) is 0 Å². The number of fused-ring (bicyclic) bond motifs is 7. The Labute approximate surface area is 242 Å². The third-order valence-electron chi connectivity index (χ3n) is 8.09. The van der Waals surface area contributed by atoms with E-state index in [-0.39, 0.29) is 23.1 Å². The van der Waals surface area contributed by atoms with Crippen LogP contribution in [0.15, 0.2) is 83.8 Å². The maximum absolute atomic E-state index is 14.5. The fraction of sp³-hybridized carbons (Fsp3) is 0.259. The highest BCUT2D eigenvalue weighted by Crippen LogP contribution is 2.69. The van der Waals surface area contributed by atoms with Crippen molar-refractivity contribution < 1.29 is 18.0 Å². The zero-order chi connectivity index (χ0) is 27.2. The molecular formula is C27H23N3O4S5. The second-order valence-corrected chi connectivity index (χ2v) is 18.0. The number of likely N-dealkylation sites (N-methyl/N-ethyl adjacent to an activating group) is 1. The first-order chi connectivity index (χ1) is 18.7. The lowest BCUT2D eigenvalue weighted by Crippen LogP contribution is -2.70. The number of hydrogen-bond acceptors (Lipinski definition) is 8. The molecule has 200 valence electrons. The van der Waals surface area contributed by atoms with Crippen LogP contribution < -0.4 is 4.31 Å². The van der Waals surface area contributed by atoms with E-state index in [0.717, 1.165) is 16.7 Å². The summed E-state index contributed by atoms with van der Waals surface area (Å²) in [6, 6.07) is 23.8. The van der Waals surface area contributed by atoms with Crippen LogP contribution in [0.4, 0.5) is 5.69 Å². The summed E-state index contributed by atoms with van der Waals surface area (Å²) in [7, 11) is 3.19. The van der Waals surface area contributed by atoms with Crippen molar-refractivity contribution >= 4 is 68.8 Å². The number of benzene rings is 3. The number of hydrogen-bond donors (Lipinski definition) is 0. The molecule has 4 fully saturated rings. The summed E-state index contributed by atoms with van der Waals surface area (Å²) >= 11 is 0. The van der Waals surface area contributed by atoms with Gasteiger partial charge >= 0.3 is 0 Å². The first-order valence-corrected chi connectivity index (χ1v) is 18.6. The molecule has 5 aliphatic heterocycles. The molecule has 8 rings (SSSR count). The van der Waals surface area contributed by atoms with Gasteiger partial charge in [-0.15, -0.1) is 0 Å². The maximum atomic E-state index is 14.5. The molecule has 4 saturated heterocycles. The standard InChI is InChI=1S/C27H23N3O4S5/c1-17-12-14-18(15-13-17)26-16-27-25(32)28(2)23(35-37-38-36-27)22(31)29(27)24(26)30(21-11-7-6-10-20(21)26)39(33,34)19-8-4-3-5-9-19/h3-15,23-24H,16H2,1-2H3/t23-,24-,26-,27-/m0/s1. The van der Waals surface area contributed by atoms with E-state index in [4.69, 9.17) is 0 Å². The van der Waals surface area contributed by atoms with Crippen LogP contribution in [0.25, 0.3) is 0 Å². The fourth-order valence-electron chi connectivity index (χ4n) is 6.39. The van der Waals surface area contributed by atoms with Crippen molar-refractivity contribution in [1.82, 2.24) is 9.80 Å². The molecule has 4 atom stereocenters. The Morgan fingerprint density at radius 2 is 1.59 bits per heavy atom. The normalized spacial score (nSPS) is 29.6.